The van der Waals surface area contributed by atoms with E-state index in [1.165, 1.54) is 0 Å². The standard InChI is InChI=1S/C22H22N2O4/c1-3-28-22(26)20-19(17-11-14(27-2)9-10-18(17)23-20)24-21(25)16-12-15(16)13-7-5-4-6-8-13/h4-11,15-16,23H,3,12H2,1-2H3,(H,24,25)/t15-,16-/m0/s1. The summed E-state index contributed by atoms with van der Waals surface area (Å²) < 4.78 is 10.4. The van der Waals surface area contributed by atoms with Crippen molar-refractivity contribution in [1.29, 1.82) is 0 Å². The Morgan fingerprint density at radius 1 is 1.18 bits per heavy atom. The van der Waals surface area contributed by atoms with Crippen LogP contribution in [0.15, 0.2) is 48.5 Å². The highest BCUT2D eigenvalue weighted by Crippen LogP contribution is 2.48. The molecule has 0 bridgehead atoms. The fraction of sp³-hybridized carbons (Fsp3) is 0.273. The molecular weight excluding hydrogens is 356 g/mol. The molecule has 2 N–H and O–H groups in total. The molecule has 1 aliphatic carbocycles. The number of amides is 1. The number of esters is 1. The Morgan fingerprint density at radius 3 is 2.68 bits per heavy atom. The van der Waals surface area contributed by atoms with Crippen LogP contribution in [-0.4, -0.2) is 30.6 Å². The molecule has 0 unspecified atom stereocenters. The molecule has 6 nitrogen and oxygen atoms in total. The topological polar surface area (TPSA) is 80.4 Å². The highest BCUT2D eigenvalue weighted by atomic mass is 16.5. The molecule has 3 aromatic rings. The summed E-state index contributed by atoms with van der Waals surface area (Å²) in [4.78, 5) is 28.3. The average Bonchev–Trinajstić information content (AvgIpc) is 3.45. The second-order valence-corrected chi connectivity index (χ2v) is 6.86. The lowest BCUT2D eigenvalue weighted by Gasteiger charge is -2.08. The van der Waals surface area contributed by atoms with Crippen molar-refractivity contribution in [3.63, 3.8) is 0 Å². The van der Waals surface area contributed by atoms with E-state index in [0.717, 1.165) is 17.5 Å². The number of carbonyl (C=O) groups excluding carboxylic acids is 2. The number of hydrogen-bond donors (Lipinski definition) is 2. The molecule has 1 aromatic heterocycles. The number of carbonyl (C=O) groups is 2. The van der Waals surface area contributed by atoms with E-state index in [0.29, 0.717) is 16.8 Å². The fourth-order valence-electron chi connectivity index (χ4n) is 3.55. The molecule has 2 atom stereocenters. The van der Waals surface area contributed by atoms with Crippen molar-refractivity contribution in [2.45, 2.75) is 19.3 Å². The Kier molecular flexibility index (Phi) is 4.77. The van der Waals surface area contributed by atoms with Crippen LogP contribution in [0.4, 0.5) is 5.69 Å². The summed E-state index contributed by atoms with van der Waals surface area (Å²) in [5, 5.41) is 3.67. The lowest BCUT2D eigenvalue weighted by atomic mass is 10.1. The summed E-state index contributed by atoms with van der Waals surface area (Å²) >= 11 is 0. The lowest BCUT2D eigenvalue weighted by Crippen LogP contribution is -2.17. The largest absolute Gasteiger partial charge is 0.497 e. The van der Waals surface area contributed by atoms with E-state index < -0.39 is 5.97 Å². The molecule has 1 amide bonds. The number of nitrogens with one attached hydrogen (secondary N) is 2. The third kappa shape index (κ3) is 3.33. The molecule has 0 spiro atoms. The first-order valence-corrected chi connectivity index (χ1v) is 9.35. The summed E-state index contributed by atoms with van der Waals surface area (Å²) in [5.74, 6) is 0.164. The van der Waals surface area contributed by atoms with Gasteiger partial charge in [0.2, 0.25) is 5.91 Å². The zero-order valence-electron chi connectivity index (χ0n) is 15.8. The van der Waals surface area contributed by atoms with Gasteiger partial charge in [-0.3, -0.25) is 4.79 Å². The van der Waals surface area contributed by atoms with E-state index in [1.54, 1.807) is 26.2 Å². The number of benzene rings is 2. The van der Waals surface area contributed by atoms with Crippen LogP contribution in [0.1, 0.15) is 35.3 Å². The number of methoxy groups -OCH3 is 1. The molecule has 1 fully saturated rings. The zero-order valence-corrected chi connectivity index (χ0v) is 15.8. The van der Waals surface area contributed by atoms with Crippen LogP contribution >= 0.6 is 0 Å². The van der Waals surface area contributed by atoms with Gasteiger partial charge in [0.25, 0.3) is 0 Å². The maximum absolute atomic E-state index is 12.9. The van der Waals surface area contributed by atoms with Crippen LogP contribution in [0.3, 0.4) is 0 Å². The SMILES string of the molecule is CCOC(=O)c1[nH]c2ccc(OC)cc2c1NC(=O)[C@H]1C[C@H]1c1ccccc1. The number of aromatic nitrogens is 1. The van der Waals surface area contributed by atoms with E-state index in [9.17, 15) is 9.59 Å². The summed E-state index contributed by atoms with van der Waals surface area (Å²) in [6.07, 6.45) is 0.802. The van der Waals surface area contributed by atoms with Crippen molar-refractivity contribution in [2.75, 3.05) is 19.0 Å². The maximum atomic E-state index is 12.9. The molecule has 0 radical (unpaired) electrons. The minimum absolute atomic E-state index is 0.0943. The normalized spacial score (nSPS) is 17.9. The molecular formula is C22H22N2O4. The van der Waals surface area contributed by atoms with Gasteiger partial charge in [-0.25, -0.2) is 4.79 Å². The minimum atomic E-state index is -0.497. The van der Waals surface area contributed by atoms with Crippen LogP contribution < -0.4 is 10.1 Å². The van der Waals surface area contributed by atoms with E-state index in [1.807, 2.05) is 36.4 Å². The predicted molar refractivity (Wildman–Crippen MR) is 107 cm³/mol. The molecule has 1 saturated carbocycles. The smallest absolute Gasteiger partial charge is 0.356 e. The lowest BCUT2D eigenvalue weighted by molar-refractivity contribution is -0.117. The van der Waals surface area contributed by atoms with Gasteiger partial charge in [0, 0.05) is 16.8 Å². The van der Waals surface area contributed by atoms with Crippen molar-refractivity contribution < 1.29 is 19.1 Å². The van der Waals surface area contributed by atoms with Gasteiger partial charge in [0.05, 0.1) is 19.4 Å². The maximum Gasteiger partial charge on any atom is 0.356 e. The van der Waals surface area contributed by atoms with Crippen molar-refractivity contribution >= 4 is 28.5 Å². The van der Waals surface area contributed by atoms with Gasteiger partial charge in [-0.1, -0.05) is 30.3 Å². The molecule has 2 aromatic carbocycles. The van der Waals surface area contributed by atoms with Crippen LogP contribution in [0.5, 0.6) is 5.75 Å². The van der Waals surface area contributed by atoms with Gasteiger partial charge in [-0.05, 0) is 43.0 Å². The summed E-state index contributed by atoms with van der Waals surface area (Å²) in [5.41, 5.74) is 2.58. The van der Waals surface area contributed by atoms with E-state index in [2.05, 4.69) is 10.3 Å². The molecule has 6 heteroatoms. The molecule has 144 valence electrons. The van der Waals surface area contributed by atoms with Crippen LogP contribution in [-0.2, 0) is 9.53 Å². The Bertz CT molecular complexity index is 1030. The first-order valence-electron chi connectivity index (χ1n) is 9.35. The Hall–Kier alpha value is -3.28. The summed E-state index contributed by atoms with van der Waals surface area (Å²) in [6.45, 7) is 2.00. The highest BCUT2D eigenvalue weighted by molar-refractivity contribution is 6.12. The first-order chi connectivity index (χ1) is 13.6. The molecule has 28 heavy (non-hydrogen) atoms. The van der Waals surface area contributed by atoms with E-state index in [4.69, 9.17) is 9.47 Å². The van der Waals surface area contributed by atoms with Gasteiger partial charge in [0.1, 0.15) is 11.4 Å². The third-order valence-corrected chi connectivity index (χ3v) is 5.09. The minimum Gasteiger partial charge on any atom is -0.497 e. The Labute approximate surface area is 162 Å². The van der Waals surface area contributed by atoms with Gasteiger partial charge >= 0.3 is 5.97 Å². The van der Waals surface area contributed by atoms with Crippen molar-refractivity contribution in [1.82, 2.24) is 4.98 Å². The summed E-state index contributed by atoms with van der Waals surface area (Å²) in [7, 11) is 1.58. The van der Waals surface area contributed by atoms with Gasteiger partial charge < -0.3 is 19.8 Å². The number of rotatable bonds is 6. The monoisotopic (exact) mass is 378 g/mol. The van der Waals surface area contributed by atoms with E-state index >= 15 is 0 Å². The molecule has 1 aliphatic rings. The quantitative estimate of drug-likeness (QED) is 0.633. The zero-order chi connectivity index (χ0) is 19.7. The van der Waals surface area contributed by atoms with Gasteiger partial charge in [-0.2, -0.15) is 0 Å². The number of fused-ring (bicyclic) bond motifs is 1. The van der Waals surface area contributed by atoms with Gasteiger partial charge in [0.15, 0.2) is 0 Å². The second kappa shape index (κ2) is 7.38. The Morgan fingerprint density at radius 2 is 1.96 bits per heavy atom. The van der Waals surface area contributed by atoms with Gasteiger partial charge in [-0.15, -0.1) is 0 Å². The van der Waals surface area contributed by atoms with Crippen molar-refractivity contribution in [3.8, 4) is 5.75 Å². The van der Waals surface area contributed by atoms with Crippen LogP contribution in [0, 0.1) is 5.92 Å². The highest BCUT2D eigenvalue weighted by Gasteiger charge is 2.44. The number of aromatic amines is 1. The first kappa shape index (κ1) is 18.1. The van der Waals surface area contributed by atoms with Crippen LogP contribution in [0.25, 0.3) is 10.9 Å². The third-order valence-electron chi connectivity index (χ3n) is 5.09. The number of ether oxygens (including phenoxy) is 2. The Balaban J connectivity index is 1.64. The molecule has 4 rings (SSSR count). The number of anilines is 1. The predicted octanol–water partition coefficient (Wildman–Crippen LogP) is 4.10. The second-order valence-electron chi connectivity index (χ2n) is 6.86. The van der Waals surface area contributed by atoms with Crippen molar-refractivity contribution in [3.05, 3.63) is 59.8 Å². The van der Waals surface area contributed by atoms with Crippen LogP contribution in [0.2, 0.25) is 0 Å². The summed E-state index contributed by atoms with van der Waals surface area (Å²) in [6, 6.07) is 15.4. The van der Waals surface area contributed by atoms with E-state index in [-0.39, 0.29) is 30.0 Å². The molecule has 1 heterocycles. The number of H-pyrrole nitrogens is 1. The average molecular weight is 378 g/mol. The molecule has 0 saturated heterocycles. The number of hydrogen-bond acceptors (Lipinski definition) is 4. The molecule has 0 aliphatic heterocycles. The van der Waals surface area contributed by atoms with Crippen molar-refractivity contribution in [2.24, 2.45) is 5.92 Å². The fourth-order valence-corrected chi connectivity index (χ4v) is 3.55.